The lowest BCUT2D eigenvalue weighted by Crippen LogP contribution is -2.26. The first-order chi connectivity index (χ1) is 5.95. The summed E-state index contributed by atoms with van der Waals surface area (Å²) < 4.78 is 34.4. The van der Waals surface area contributed by atoms with Crippen LogP contribution in [0.25, 0.3) is 0 Å². The maximum Gasteiger partial charge on any atom is 0.390 e. The van der Waals surface area contributed by atoms with Crippen molar-refractivity contribution in [3.63, 3.8) is 0 Å². The van der Waals surface area contributed by atoms with Crippen LogP contribution >= 0.6 is 0 Å². The standard InChI is InChI=1S/C6H10F3NO.C2H6/c1-2-5(11)10-4-3-6(7,8)9;1-2/h2-4H2,1H3,(H,10,11);1-2H3. The molecule has 0 saturated carbocycles. The van der Waals surface area contributed by atoms with Crippen molar-refractivity contribution in [1.29, 1.82) is 0 Å². The van der Waals surface area contributed by atoms with Crippen LogP contribution in [0, 0.1) is 0 Å². The van der Waals surface area contributed by atoms with Gasteiger partial charge in [-0.25, -0.2) is 0 Å². The Kier molecular flexibility index (Phi) is 8.96. The molecule has 1 amide bonds. The van der Waals surface area contributed by atoms with E-state index < -0.39 is 12.6 Å². The van der Waals surface area contributed by atoms with E-state index in [1.165, 1.54) is 0 Å². The van der Waals surface area contributed by atoms with Gasteiger partial charge in [-0.1, -0.05) is 20.8 Å². The lowest BCUT2D eigenvalue weighted by atomic mass is 10.4. The Balaban J connectivity index is 0. The first-order valence-corrected chi connectivity index (χ1v) is 4.29. The molecular formula is C8H16F3NO. The second-order valence-corrected chi connectivity index (χ2v) is 2.07. The fraction of sp³-hybridized carbons (Fsp3) is 0.875. The predicted octanol–water partition coefficient (Wildman–Crippen LogP) is 2.49. The number of halogens is 3. The molecule has 0 aromatic heterocycles. The van der Waals surface area contributed by atoms with E-state index in [1.807, 2.05) is 13.8 Å². The molecule has 2 nitrogen and oxygen atoms in total. The first kappa shape index (κ1) is 14.8. The van der Waals surface area contributed by atoms with Crippen LogP contribution < -0.4 is 5.32 Å². The lowest BCUT2D eigenvalue weighted by molar-refractivity contribution is -0.135. The fourth-order valence-electron chi connectivity index (χ4n) is 0.469. The van der Waals surface area contributed by atoms with E-state index in [0.29, 0.717) is 0 Å². The van der Waals surface area contributed by atoms with Crippen LogP contribution in [0.15, 0.2) is 0 Å². The van der Waals surface area contributed by atoms with Gasteiger partial charge < -0.3 is 5.32 Å². The van der Waals surface area contributed by atoms with Gasteiger partial charge in [-0.15, -0.1) is 0 Å². The van der Waals surface area contributed by atoms with E-state index in [2.05, 4.69) is 5.32 Å². The molecule has 0 spiro atoms. The largest absolute Gasteiger partial charge is 0.390 e. The van der Waals surface area contributed by atoms with Crippen LogP contribution in [-0.2, 0) is 4.79 Å². The number of hydrogen-bond acceptors (Lipinski definition) is 1. The third-order valence-electron chi connectivity index (χ3n) is 1.05. The lowest BCUT2D eigenvalue weighted by Gasteiger charge is -2.06. The summed E-state index contributed by atoms with van der Waals surface area (Å²) in [5.41, 5.74) is 0. The average Bonchev–Trinajstić information content (AvgIpc) is 2.05. The van der Waals surface area contributed by atoms with Gasteiger partial charge in [0, 0.05) is 13.0 Å². The third kappa shape index (κ3) is 14.2. The average molecular weight is 199 g/mol. The van der Waals surface area contributed by atoms with Crippen LogP contribution in [0.1, 0.15) is 33.6 Å². The Morgan fingerprint density at radius 3 is 2.08 bits per heavy atom. The Hall–Kier alpha value is -0.740. The molecule has 0 aliphatic rings. The molecule has 0 aromatic carbocycles. The number of nitrogens with one attached hydrogen (secondary N) is 1. The van der Waals surface area contributed by atoms with Crippen LogP contribution in [0.2, 0.25) is 0 Å². The maximum absolute atomic E-state index is 11.5. The number of amides is 1. The number of alkyl halides is 3. The molecule has 0 radical (unpaired) electrons. The summed E-state index contributed by atoms with van der Waals surface area (Å²) in [6.07, 6.45) is -4.92. The molecular weight excluding hydrogens is 183 g/mol. The van der Waals surface area contributed by atoms with Crippen LogP contribution in [0.5, 0.6) is 0 Å². The van der Waals surface area contributed by atoms with E-state index in [-0.39, 0.29) is 18.9 Å². The Labute approximate surface area is 76.5 Å². The van der Waals surface area contributed by atoms with E-state index in [4.69, 9.17) is 0 Å². The van der Waals surface area contributed by atoms with Gasteiger partial charge in [0.05, 0.1) is 6.42 Å². The highest BCUT2D eigenvalue weighted by molar-refractivity contribution is 5.75. The van der Waals surface area contributed by atoms with Crippen molar-refractivity contribution < 1.29 is 18.0 Å². The molecule has 0 rings (SSSR count). The Morgan fingerprint density at radius 1 is 1.31 bits per heavy atom. The Bertz CT molecular complexity index is 134. The number of hydrogen-bond donors (Lipinski definition) is 1. The van der Waals surface area contributed by atoms with E-state index in [0.717, 1.165) is 0 Å². The molecule has 0 aliphatic heterocycles. The van der Waals surface area contributed by atoms with Crippen molar-refractivity contribution in [2.45, 2.75) is 39.8 Å². The molecule has 80 valence electrons. The van der Waals surface area contributed by atoms with Crippen molar-refractivity contribution >= 4 is 5.91 Å². The van der Waals surface area contributed by atoms with Crippen molar-refractivity contribution in [2.24, 2.45) is 0 Å². The molecule has 0 unspecified atom stereocenters. The van der Waals surface area contributed by atoms with Crippen molar-refractivity contribution in [1.82, 2.24) is 5.32 Å². The summed E-state index contributed by atoms with van der Waals surface area (Å²) in [6, 6.07) is 0. The molecule has 13 heavy (non-hydrogen) atoms. The quantitative estimate of drug-likeness (QED) is 0.743. The normalized spacial score (nSPS) is 10.0. The van der Waals surface area contributed by atoms with Gasteiger partial charge >= 0.3 is 6.18 Å². The van der Waals surface area contributed by atoms with Gasteiger partial charge in [-0.3, -0.25) is 4.79 Å². The highest BCUT2D eigenvalue weighted by atomic mass is 19.4. The second kappa shape index (κ2) is 7.89. The molecule has 0 bridgehead atoms. The van der Waals surface area contributed by atoms with E-state index >= 15 is 0 Å². The van der Waals surface area contributed by atoms with Crippen molar-refractivity contribution in [2.75, 3.05) is 6.54 Å². The summed E-state index contributed by atoms with van der Waals surface area (Å²) in [5, 5.41) is 2.13. The minimum Gasteiger partial charge on any atom is -0.356 e. The zero-order valence-electron chi connectivity index (χ0n) is 8.16. The zero-order chi connectivity index (χ0) is 10.9. The van der Waals surface area contributed by atoms with Gasteiger partial charge in [0.2, 0.25) is 5.91 Å². The summed E-state index contributed by atoms with van der Waals surface area (Å²) in [5.74, 6) is -0.353. The van der Waals surface area contributed by atoms with Gasteiger partial charge in [-0.05, 0) is 0 Å². The molecule has 5 heteroatoms. The molecule has 0 heterocycles. The number of carbonyl (C=O) groups is 1. The molecule has 0 aliphatic carbocycles. The zero-order valence-corrected chi connectivity index (χ0v) is 8.16. The summed E-state index contributed by atoms with van der Waals surface area (Å²) in [6.45, 7) is 5.26. The minimum atomic E-state index is -4.18. The Morgan fingerprint density at radius 2 is 1.77 bits per heavy atom. The molecule has 0 fully saturated rings. The molecule has 0 atom stereocenters. The monoisotopic (exact) mass is 199 g/mol. The maximum atomic E-state index is 11.5. The van der Waals surface area contributed by atoms with Crippen LogP contribution in [-0.4, -0.2) is 18.6 Å². The van der Waals surface area contributed by atoms with E-state index in [9.17, 15) is 18.0 Å². The van der Waals surface area contributed by atoms with Crippen molar-refractivity contribution in [3.05, 3.63) is 0 Å². The topological polar surface area (TPSA) is 29.1 Å². The van der Waals surface area contributed by atoms with E-state index in [1.54, 1.807) is 6.92 Å². The van der Waals surface area contributed by atoms with Gasteiger partial charge in [-0.2, -0.15) is 13.2 Å². The second-order valence-electron chi connectivity index (χ2n) is 2.07. The summed E-state index contributed by atoms with van der Waals surface area (Å²) in [4.78, 5) is 10.4. The number of carbonyl (C=O) groups excluding carboxylic acids is 1. The highest BCUT2D eigenvalue weighted by Gasteiger charge is 2.26. The number of rotatable bonds is 3. The molecule has 1 N–H and O–H groups in total. The van der Waals surface area contributed by atoms with Crippen LogP contribution in [0.3, 0.4) is 0 Å². The minimum absolute atomic E-state index is 0.220. The third-order valence-corrected chi connectivity index (χ3v) is 1.05. The summed E-state index contributed by atoms with van der Waals surface area (Å²) >= 11 is 0. The molecule has 0 aromatic rings. The first-order valence-electron chi connectivity index (χ1n) is 4.29. The van der Waals surface area contributed by atoms with Crippen molar-refractivity contribution in [3.8, 4) is 0 Å². The SMILES string of the molecule is CC.CCC(=O)NCCC(F)(F)F. The van der Waals surface area contributed by atoms with Gasteiger partial charge in [0.1, 0.15) is 0 Å². The summed E-state index contributed by atoms with van der Waals surface area (Å²) in [7, 11) is 0. The van der Waals surface area contributed by atoms with Crippen LogP contribution in [0.4, 0.5) is 13.2 Å². The molecule has 0 saturated heterocycles. The highest BCUT2D eigenvalue weighted by Crippen LogP contribution is 2.17. The fourth-order valence-corrected chi connectivity index (χ4v) is 0.469. The van der Waals surface area contributed by atoms with Gasteiger partial charge in [0.15, 0.2) is 0 Å². The smallest absolute Gasteiger partial charge is 0.356 e. The predicted molar refractivity (Wildman–Crippen MR) is 45.3 cm³/mol. The van der Waals surface area contributed by atoms with Gasteiger partial charge in [0.25, 0.3) is 0 Å².